The van der Waals surface area contributed by atoms with Crippen LogP contribution in [-0.4, -0.2) is 41.0 Å². The minimum Gasteiger partial charge on any atom is -0.377 e. The molecule has 0 unspecified atom stereocenters. The fourth-order valence-electron chi connectivity index (χ4n) is 4.49. The zero-order valence-corrected chi connectivity index (χ0v) is 20.5. The van der Waals surface area contributed by atoms with Crippen molar-refractivity contribution in [1.82, 2.24) is 20.2 Å². The van der Waals surface area contributed by atoms with Crippen LogP contribution in [-0.2, 0) is 24.3 Å². The Morgan fingerprint density at radius 2 is 2.00 bits per heavy atom. The van der Waals surface area contributed by atoms with Crippen LogP contribution in [0.4, 0.5) is 0 Å². The topological polar surface area (TPSA) is 70.2 Å². The normalized spacial score (nSPS) is 14.6. The highest BCUT2D eigenvalue weighted by Gasteiger charge is 2.21. The molecule has 1 aromatic heterocycles. The molecule has 0 radical (unpaired) electrons. The van der Waals surface area contributed by atoms with Gasteiger partial charge in [0.05, 0.1) is 23.7 Å². The molecule has 0 saturated carbocycles. The molecule has 0 aliphatic carbocycles. The second-order valence-electron chi connectivity index (χ2n) is 9.11. The molecule has 1 amide bonds. The number of fused-ring (bicyclic) bond motifs is 2. The maximum Gasteiger partial charge on any atom is 0.251 e. The number of imidazole rings is 1. The molecule has 2 heterocycles. The Hall–Kier alpha value is -3.19. The molecule has 0 spiro atoms. The van der Waals surface area contributed by atoms with E-state index in [-0.39, 0.29) is 11.9 Å². The lowest BCUT2D eigenvalue weighted by molar-refractivity contribution is 0.0889. The van der Waals surface area contributed by atoms with Gasteiger partial charge in [0.25, 0.3) is 5.91 Å². The van der Waals surface area contributed by atoms with Crippen molar-refractivity contribution in [2.75, 3.05) is 20.2 Å². The molecule has 1 aliphatic rings. The van der Waals surface area contributed by atoms with E-state index in [0.717, 1.165) is 36.1 Å². The van der Waals surface area contributed by atoms with Gasteiger partial charge in [-0.3, -0.25) is 4.79 Å². The fourth-order valence-corrected chi connectivity index (χ4v) is 4.66. The van der Waals surface area contributed by atoms with Crippen molar-refractivity contribution in [3.8, 4) is 0 Å². The molecule has 6 nitrogen and oxygen atoms in total. The first kappa shape index (κ1) is 23.5. The maximum absolute atomic E-state index is 13.3. The van der Waals surface area contributed by atoms with Crippen LogP contribution in [0.2, 0.25) is 5.02 Å². The van der Waals surface area contributed by atoms with Gasteiger partial charge in [0, 0.05) is 30.3 Å². The van der Waals surface area contributed by atoms with E-state index < -0.39 is 0 Å². The maximum atomic E-state index is 13.3. The highest BCUT2D eigenvalue weighted by Crippen LogP contribution is 2.24. The van der Waals surface area contributed by atoms with Crippen molar-refractivity contribution >= 4 is 28.5 Å². The third-order valence-corrected chi connectivity index (χ3v) is 6.67. The Morgan fingerprint density at radius 1 is 1.14 bits per heavy atom. The van der Waals surface area contributed by atoms with Gasteiger partial charge in [-0.1, -0.05) is 48.0 Å². The van der Waals surface area contributed by atoms with Crippen LogP contribution in [0.15, 0.2) is 66.7 Å². The summed E-state index contributed by atoms with van der Waals surface area (Å²) in [6, 6.07) is 21.3. The summed E-state index contributed by atoms with van der Waals surface area (Å²) in [5.41, 5.74) is 5.97. The third-order valence-electron chi connectivity index (χ3n) is 6.43. The molecule has 1 atom stereocenters. The van der Waals surface area contributed by atoms with Gasteiger partial charge in [-0.25, -0.2) is 4.98 Å². The van der Waals surface area contributed by atoms with Crippen LogP contribution in [0.25, 0.3) is 11.0 Å². The van der Waals surface area contributed by atoms with Gasteiger partial charge >= 0.3 is 0 Å². The van der Waals surface area contributed by atoms with Gasteiger partial charge in [-0.05, 0) is 66.9 Å². The molecule has 0 saturated heterocycles. The smallest absolute Gasteiger partial charge is 0.251 e. The number of nitrogens with zero attached hydrogens (tertiary/aromatic N) is 2. The lowest BCUT2D eigenvalue weighted by Crippen LogP contribution is -2.31. The Bertz CT molecular complexity index is 1320. The number of hydrogen-bond acceptors (Lipinski definition) is 4. The van der Waals surface area contributed by atoms with Gasteiger partial charge in [0.2, 0.25) is 0 Å². The zero-order valence-electron chi connectivity index (χ0n) is 19.8. The largest absolute Gasteiger partial charge is 0.377 e. The summed E-state index contributed by atoms with van der Waals surface area (Å²) in [4.78, 5) is 23.6. The van der Waals surface area contributed by atoms with Gasteiger partial charge in [-0.2, -0.15) is 0 Å². The first-order valence-electron chi connectivity index (χ1n) is 11.9. The molecular formula is C28H29ClN4O2. The summed E-state index contributed by atoms with van der Waals surface area (Å²) in [5.74, 6) is 0.580. The van der Waals surface area contributed by atoms with Gasteiger partial charge < -0.3 is 19.9 Å². The van der Waals surface area contributed by atoms with E-state index in [0.29, 0.717) is 36.0 Å². The van der Waals surface area contributed by atoms with Gasteiger partial charge in [0.15, 0.2) is 0 Å². The Labute approximate surface area is 210 Å². The molecule has 2 N–H and O–H groups in total. The molecular weight excluding hydrogens is 460 g/mol. The Balaban J connectivity index is 1.32. The fraction of sp³-hybridized carbons (Fsp3) is 0.286. The lowest BCUT2D eigenvalue weighted by atomic mass is 9.97. The number of halogens is 1. The van der Waals surface area contributed by atoms with Crippen LogP contribution in [0, 0.1) is 0 Å². The van der Waals surface area contributed by atoms with Crippen molar-refractivity contribution in [1.29, 1.82) is 0 Å². The summed E-state index contributed by atoms with van der Waals surface area (Å²) >= 11 is 6.16. The average molecular weight is 489 g/mol. The number of carbonyl (C=O) groups excluding carboxylic acids is 1. The quantitative estimate of drug-likeness (QED) is 0.331. The van der Waals surface area contributed by atoms with Crippen LogP contribution in [0.5, 0.6) is 0 Å². The molecule has 4 aromatic rings. The number of ether oxygens (including phenoxy) is 1. The van der Waals surface area contributed by atoms with E-state index in [9.17, 15) is 4.79 Å². The molecule has 7 heteroatoms. The van der Waals surface area contributed by atoms with E-state index in [1.807, 2.05) is 60.7 Å². The molecule has 3 aromatic carbocycles. The number of hydrogen-bond donors (Lipinski definition) is 2. The van der Waals surface area contributed by atoms with Crippen molar-refractivity contribution in [2.45, 2.75) is 32.0 Å². The summed E-state index contributed by atoms with van der Waals surface area (Å²) in [6.07, 6.45) is 1.54. The number of amides is 1. The summed E-state index contributed by atoms with van der Waals surface area (Å²) in [5, 5.41) is 3.82. The second kappa shape index (κ2) is 10.6. The molecule has 0 fully saturated rings. The van der Waals surface area contributed by atoms with Gasteiger partial charge in [-0.15, -0.1) is 0 Å². The molecule has 1 aliphatic heterocycles. The van der Waals surface area contributed by atoms with Crippen LogP contribution in [0.1, 0.15) is 45.3 Å². The first-order valence-corrected chi connectivity index (χ1v) is 12.3. The molecule has 35 heavy (non-hydrogen) atoms. The SMILES string of the molecule is CN1CCc2cc(C(=O)N[C@@H](CCOCc3ccccc3)c3nc4ccc(Cl)cc4[nH]3)ccc2C1. The number of aromatic nitrogens is 2. The summed E-state index contributed by atoms with van der Waals surface area (Å²) in [7, 11) is 2.12. The Morgan fingerprint density at radius 3 is 2.86 bits per heavy atom. The van der Waals surface area contributed by atoms with E-state index in [1.165, 1.54) is 11.1 Å². The van der Waals surface area contributed by atoms with E-state index in [2.05, 4.69) is 28.3 Å². The van der Waals surface area contributed by atoms with E-state index in [4.69, 9.17) is 21.3 Å². The number of carbonyl (C=O) groups is 1. The molecule has 180 valence electrons. The van der Waals surface area contributed by atoms with Crippen LogP contribution >= 0.6 is 11.6 Å². The number of aromatic amines is 1. The Kier molecular flexibility index (Phi) is 7.13. The van der Waals surface area contributed by atoms with Crippen molar-refractivity contribution < 1.29 is 9.53 Å². The average Bonchev–Trinajstić information content (AvgIpc) is 3.29. The predicted molar refractivity (Wildman–Crippen MR) is 139 cm³/mol. The van der Waals surface area contributed by atoms with Crippen molar-refractivity contribution in [3.05, 3.63) is 99.8 Å². The molecule has 0 bridgehead atoms. The summed E-state index contributed by atoms with van der Waals surface area (Å²) in [6.45, 7) is 2.92. The zero-order chi connectivity index (χ0) is 24.2. The van der Waals surface area contributed by atoms with Crippen molar-refractivity contribution in [3.63, 3.8) is 0 Å². The monoisotopic (exact) mass is 488 g/mol. The number of nitrogens with one attached hydrogen (secondary N) is 2. The summed E-state index contributed by atoms with van der Waals surface area (Å²) < 4.78 is 5.92. The predicted octanol–water partition coefficient (Wildman–Crippen LogP) is 5.28. The number of rotatable bonds is 8. The highest BCUT2D eigenvalue weighted by molar-refractivity contribution is 6.31. The lowest BCUT2D eigenvalue weighted by Gasteiger charge is -2.25. The first-order chi connectivity index (χ1) is 17.0. The standard InChI is InChI=1S/C28H29ClN4O2/c1-33-13-11-20-15-21(7-8-22(20)17-33)28(34)32-25(12-14-35-18-19-5-3-2-4-6-19)27-30-24-10-9-23(29)16-26(24)31-27/h2-10,15-16,25H,11-14,17-18H2,1H3,(H,30,31)(H,32,34)/t25-/m0/s1. The van der Waals surface area contributed by atoms with Crippen LogP contribution in [0.3, 0.4) is 0 Å². The van der Waals surface area contributed by atoms with Crippen molar-refractivity contribution in [2.24, 2.45) is 0 Å². The van der Waals surface area contributed by atoms with Crippen LogP contribution < -0.4 is 5.32 Å². The third kappa shape index (κ3) is 5.73. The number of benzene rings is 3. The molecule has 5 rings (SSSR count). The number of likely N-dealkylation sites (N-methyl/N-ethyl adjacent to an activating group) is 1. The minimum atomic E-state index is -0.327. The minimum absolute atomic E-state index is 0.113. The van der Waals surface area contributed by atoms with E-state index >= 15 is 0 Å². The number of H-pyrrole nitrogens is 1. The van der Waals surface area contributed by atoms with Gasteiger partial charge in [0.1, 0.15) is 5.82 Å². The second-order valence-corrected chi connectivity index (χ2v) is 9.54. The van der Waals surface area contributed by atoms with E-state index in [1.54, 1.807) is 0 Å². The highest BCUT2D eigenvalue weighted by atomic mass is 35.5.